The number of hydrogen-bond acceptors (Lipinski definition) is 2. The van der Waals surface area contributed by atoms with E-state index < -0.39 is 0 Å². The van der Waals surface area contributed by atoms with Gasteiger partial charge in [0.2, 0.25) is 11.6 Å². The Morgan fingerprint density at radius 2 is 1.81 bits per heavy atom. The Labute approximate surface area is 155 Å². The van der Waals surface area contributed by atoms with Crippen LogP contribution in [0.5, 0.6) is 0 Å². The van der Waals surface area contributed by atoms with Gasteiger partial charge in [-0.2, -0.15) is 0 Å². The van der Waals surface area contributed by atoms with Crippen LogP contribution in [0.15, 0.2) is 12.3 Å². The van der Waals surface area contributed by atoms with Crippen molar-refractivity contribution in [2.24, 2.45) is 28.1 Å². The fourth-order valence-electron chi connectivity index (χ4n) is 7.60. The lowest BCUT2D eigenvalue weighted by Gasteiger charge is -2.64. The molecule has 2 saturated carbocycles. The average Bonchev–Trinajstić information content (AvgIpc) is 2.98. The summed E-state index contributed by atoms with van der Waals surface area (Å²) in [6.07, 6.45) is 11.0. The summed E-state index contributed by atoms with van der Waals surface area (Å²) in [4.78, 5) is 27.9. The van der Waals surface area contributed by atoms with Crippen LogP contribution in [-0.4, -0.2) is 16.6 Å². The highest BCUT2D eigenvalue weighted by atomic mass is 16.2. The third-order valence-electron chi connectivity index (χ3n) is 8.79. The van der Waals surface area contributed by atoms with Crippen LogP contribution in [0.2, 0.25) is 0 Å². The van der Waals surface area contributed by atoms with Gasteiger partial charge < -0.3 is 4.98 Å². The highest BCUT2D eigenvalue weighted by Gasteiger charge is 2.61. The van der Waals surface area contributed by atoms with Crippen molar-refractivity contribution in [1.29, 1.82) is 0 Å². The van der Waals surface area contributed by atoms with Gasteiger partial charge >= 0.3 is 0 Å². The van der Waals surface area contributed by atoms with Gasteiger partial charge in [0.05, 0.1) is 5.69 Å². The van der Waals surface area contributed by atoms with Gasteiger partial charge in [0.1, 0.15) is 0 Å². The number of aromatic nitrogens is 1. The van der Waals surface area contributed by atoms with Crippen molar-refractivity contribution in [3.63, 3.8) is 0 Å². The van der Waals surface area contributed by atoms with E-state index in [-0.39, 0.29) is 17.0 Å². The van der Waals surface area contributed by atoms with Crippen LogP contribution in [0, 0.1) is 28.1 Å². The SMILES string of the molecule is CC1(C)CCC[C@]2(C)[C@H]3Cc4c[nH]c5c4C(=CC(=O)C5=O)[C@]3(C)CC[C@@H]12. The molecule has 5 rings (SSSR count). The zero-order chi connectivity index (χ0) is 18.5. The molecule has 1 N–H and O–H groups in total. The largest absolute Gasteiger partial charge is 0.358 e. The highest BCUT2D eigenvalue weighted by molar-refractivity contribution is 6.50. The van der Waals surface area contributed by atoms with Crippen molar-refractivity contribution in [3.8, 4) is 0 Å². The van der Waals surface area contributed by atoms with E-state index in [4.69, 9.17) is 0 Å². The van der Waals surface area contributed by atoms with Crippen LogP contribution in [0.4, 0.5) is 0 Å². The number of allylic oxidation sites excluding steroid dienone is 2. The van der Waals surface area contributed by atoms with Crippen LogP contribution in [0.3, 0.4) is 0 Å². The fraction of sp³-hybridized carbons (Fsp3) is 0.652. The predicted octanol–water partition coefficient (Wildman–Crippen LogP) is 4.97. The van der Waals surface area contributed by atoms with Crippen molar-refractivity contribution >= 4 is 17.1 Å². The third-order valence-corrected chi connectivity index (χ3v) is 8.79. The predicted molar refractivity (Wildman–Crippen MR) is 102 cm³/mol. The molecule has 1 aromatic heterocycles. The number of Topliss-reactive ketones (excluding diaryl/α,β-unsaturated/α-hetero) is 1. The number of hydrogen-bond donors (Lipinski definition) is 1. The summed E-state index contributed by atoms with van der Waals surface area (Å²) < 4.78 is 0. The number of ketones is 2. The molecule has 0 bridgehead atoms. The van der Waals surface area contributed by atoms with Gasteiger partial charge in [-0.15, -0.1) is 0 Å². The number of H-pyrrole nitrogens is 1. The Kier molecular flexibility index (Phi) is 3.05. The summed E-state index contributed by atoms with van der Waals surface area (Å²) in [5.41, 5.74) is 4.69. The Balaban J connectivity index is 1.70. The van der Waals surface area contributed by atoms with Gasteiger partial charge in [-0.3, -0.25) is 9.59 Å². The van der Waals surface area contributed by atoms with E-state index in [1.54, 1.807) is 6.08 Å². The van der Waals surface area contributed by atoms with Crippen molar-refractivity contribution in [3.05, 3.63) is 29.1 Å². The molecule has 3 nitrogen and oxygen atoms in total. The molecule has 1 heterocycles. The van der Waals surface area contributed by atoms with Crippen LogP contribution in [0.1, 0.15) is 81.4 Å². The van der Waals surface area contributed by atoms with Crippen molar-refractivity contribution in [2.75, 3.05) is 0 Å². The van der Waals surface area contributed by atoms with Crippen LogP contribution in [-0.2, 0) is 11.2 Å². The van der Waals surface area contributed by atoms with E-state index in [9.17, 15) is 9.59 Å². The monoisotopic (exact) mass is 351 g/mol. The van der Waals surface area contributed by atoms with E-state index in [1.165, 1.54) is 31.2 Å². The topological polar surface area (TPSA) is 49.9 Å². The first kappa shape index (κ1) is 16.5. The summed E-state index contributed by atoms with van der Waals surface area (Å²) in [5.74, 6) is 0.565. The van der Waals surface area contributed by atoms with Crippen molar-refractivity contribution in [1.82, 2.24) is 4.98 Å². The Hall–Kier alpha value is -1.64. The van der Waals surface area contributed by atoms with E-state index in [2.05, 4.69) is 32.7 Å². The summed E-state index contributed by atoms with van der Waals surface area (Å²) in [7, 11) is 0. The minimum Gasteiger partial charge on any atom is -0.358 e. The second-order valence-corrected chi connectivity index (χ2v) is 10.4. The van der Waals surface area contributed by atoms with Gasteiger partial charge in [0.25, 0.3) is 0 Å². The minimum absolute atomic E-state index is 0.00102. The molecule has 0 aliphatic heterocycles. The lowest BCUT2D eigenvalue weighted by atomic mass is 9.40. The van der Waals surface area contributed by atoms with E-state index in [1.807, 2.05) is 6.20 Å². The minimum atomic E-state index is -0.365. The number of rotatable bonds is 0. The lowest BCUT2D eigenvalue weighted by Crippen LogP contribution is -2.57. The molecule has 0 saturated heterocycles. The highest BCUT2D eigenvalue weighted by Crippen LogP contribution is 2.69. The number of fused-ring (bicyclic) bond motifs is 4. The van der Waals surface area contributed by atoms with Crippen molar-refractivity contribution in [2.45, 2.75) is 66.2 Å². The molecule has 4 aliphatic carbocycles. The van der Waals surface area contributed by atoms with Gasteiger partial charge in [0.15, 0.2) is 0 Å². The second kappa shape index (κ2) is 4.79. The van der Waals surface area contributed by atoms with Crippen LogP contribution in [0.25, 0.3) is 5.57 Å². The van der Waals surface area contributed by atoms with E-state index in [0.717, 1.165) is 29.9 Å². The molecule has 4 aliphatic rings. The molecule has 3 heteroatoms. The molecule has 0 aromatic carbocycles. The molecule has 26 heavy (non-hydrogen) atoms. The van der Waals surface area contributed by atoms with Gasteiger partial charge in [0, 0.05) is 11.8 Å². The van der Waals surface area contributed by atoms with Crippen LogP contribution >= 0.6 is 0 Å². The zero-order valence-electron chi connectivity index (χ0n) is 16.4. The fourth-order valence-corrected chi connectivity index (χ4v) is 7.60. The Bertz CT molecular complexity index is 873. The van der Waals surface area contributed by atoms with E-state index >= 15 is 0 Å². The molecular formula is C23H29NO2. The summed E-state index contributed by atoms with van der Waals surface area (Å²) in [5, 5.41) is 0. The normalized spacial score (nSPS) is 40.4. The second-order valence-electron chi connectivity index (χ2n) is 10.4. The van der Waals surface area contributed by atoms with E-state index in [0.29, 0.717) is 22.4 Å². The molecule has 0 radical (unpaired) electrons. The van der Waals surface area contributed by atoms with Gasteiger partial charge in [-0.05, 0) is 77.4 Å². The number of carbonyl (C=O) groups excluding carboxylic acids is 2. The zero-order valence-corrected chi connectivity index (χ0v) is 16.4. The summed E-state index contributed by atoms with van der Waals surface area (Å²) in [6.45, 7) is 9.82. The number of carbonyl (C=O) groups is 2. The maximum absolute atomic E-state index is 12.4. The summed E-state index contributed by atoms with van der Waals surface area (Å²) in [6, 6.07) is 0. The van der Waals surface area contributed by atoms with Crippen molar-refractivity contribution < 1.29 is 9.59 Å². The molecule has 2 fully saturated rings. The van der Waals surface area contributed by atoms with Crippen LogP contribution < -0.4 is 0 Å². The molecule has 1 aromatic rings. The standard InChI is InChI=1S/C23H29NO2/c1-21(2)7-5-8-23(4)16(21)6-9-22(3)14-11-15(25)20(26)19-18(14)13(12-24-19)10-17(22)23/h11-12,16-17,24H,5-10H2,1-4H3/t16-,17-,22-,23-/m0/s1. The smallest absolute Gasteiger partial charge is 0.249 e. The quantitative estimate of drug-likeness (QED) is 0.671. The third kappa shape index (κ3) is 1.80. The number of nitrogens with one attached hydrogen (secondary N) is 1. The first-order chi connectivity index (χ1) is 12.2. The first-order valence-electron chi connectivity index (χ1n) is 10.2. The summed E-state index contributed by atoms with van der Waals surface area (Å²) >= 11 is 0. The molecule has 0 spiro atoms. The van der Waals surface area contributed by atoms with Gasteiger partial charge in [-0.1, -0.05) is 34.1 Å². The molecule has 138 valence electrons. The molecule has 0 unspecified atom stereocenters. The van der Waals surface area contributed by atoms with Gasteiger partial charge in [-0.25, -0.2) is 0 Å². The lowest BCUT2D eigenvalue weighted by molar-refractivity contribution is -0.115. The molecular weight excluding hydrogens is 322 g/mol. The Morgan fingerprint density at radius 3 is 2.58 bits per heavy atom. The molecule has 0 amide bonds. The average molecular weight is 351 g/mol. The maximum atomic E-state index is 12.4. The maximum Gasteiger partial charge on any atom is 0.249 e. The first-order valence-corrected chi connectivity index (χ1v) is 10.2. The Morgan fingerprint density at radius 1 is 1.04 bits per heavy atom. The number of aromatic amines is 1. The molecule has 4 atom stereocenters.